The molecule has 4 rings (SSSR count). The van der Waals surface area contributed by atoms with Crippen molar-refractivity contribution in [1.82, 2.24) is 0 Å². The molecule has 0 radical (unpaired) electrons. The van der Waals surface area contributed by atoms with Crippen LogP contribution in [-0.2, 0) is 0 Å². The van der Waals surface area contributed by atoms with Crippen molar-refractivity contribution in [3.63, 3.8) is 0 Å². The van der Waals surface area contributed by atoms with Gasteiger partial charge in [0.1, 0.15) is 0 Å². The van der Waals surface area contributed by atoms with Crippen molar-refractivity contribution >= 4 is 49.3 Å². The van der Waals surface area contributed by atoms with E-state index in [-0.39, 0.29) is 0 Å². The average Bonchev–Trinajstić information content (AvgIpc) is 2.92. The van der Waals surface area contributed by atoms with Crippen molar-refractivity contribution in [3.8, 4) is 0 Å². The van der Waals surface area contributed by atoms with Gasteiger partial charge in [-0.15, -0.1) is 11.3 Å². The second-order valence-corrected chi connectivity index (χ2v) is 5.57. The fraction of sp³-hybridized carbons (Fsp3) is 0. The van der Waals surface area contributed by atoms with Gasteiger partial charge in [0.2, 0.25) is 0 Å². The lowest BCUT2D eigenvalue weighted by molar-refractivity contribution is 0.112. The van der Waals surface area contributed by atoms with E-state index in [1.807, 2.05) is 23.6 Å². The van der Waals surface area contributed by atoms with E-state index in [1.165, 1.54) is 15.5 Å². The van der Waals surface area contributed by atoms with Crippen LogP contribution >= 0.6 is 11.3 Å². The molecule has 0 aliphatic carbocycles. The van der Waals surface area contributed by atoms with Gasteiger partial charge in [-0.25, -0.2) is 0 Å². The number of benzene rings is 3. The molecule has 0 amide bonds. The highest BCUT2D eigenvalue weighted by Crippen LogP contribution is 2.34. The highest BCUT2D eigenvalue weighted by atomic mass is 32.1. The fourth-order valence-electron chi connectivity index (χ4n) is 2.74. The van der Waals surface area contributed by atoms with E-state index in [0.717, 1.165) is 28.0 Å². The number of hydrogen-bond acceptors (Lipinski definition) is 2. The van der Waals surface area contributed by atoms with Crippen molar-refractivity contribution in [3.05, 3.63) is 59.5 Å². The number of fused-ring (bicyclic) bond motifs is 4. The molecule has 3 aromatic carbocycles. The van der Waals surface area contributed by atoms with E-state index in [2.05, 4.69) is 30.3 Å². The summed E-state index contributed by atoms with van der Waals surface area (Å²) in [6, 6.07) is 16.7. The molecule has 90 valence electrons. The first-order chi connectivity index (χ1) is 9.38. The summed E-state index contributed by atoms with van der Waals surface area (Å²) in [4.78, 5) is 11.5. The van der Waals surface area contributed by atoms with E-state index in [4.69, 9.17) is 0 Å². The zero-order valence-electron chi connectivity index (χ0n) is 10.1. The van der Waals surface area contributed by atoms with Crippen molar-refractivity contribution < 1.29 is 4.79 Å². The summed E-state index contributed by atoms with van der Waals surface area (Å²) >= 11 is 1.68. The molecule has 1 heterocycles. The monoisotopic (exact) mass is 262 g/mol. The largest absolute Gasteiger partial charge is 0.298 e. The SMILES string of the molecule is O=Cc1c2ccsc2cc2c1ccc1ccccc12. The van der Waals surface area contributed by atoms with Crippen LogP contribution < -0.4 is 0 Å². The van der Waals surface area contributed by atoms with Crippen LogP contribution in [0.1, 0.15) is 10.4 Å². The average molecular weight is 262 g/mol. The topological polar surface area (TPSA) is 17.1 Å². The molecule has 2 heteroatoms. The van der Waals surface area contributed by atoms with Crippen LogP contribution in [0, 0.1) is 0 Å². The van der Waals surface area contributed by atoms with Gasteiger partial charge < -0.3 is 0 Å². The lowest BCUT2D eigenvalue weighted by atomic mass is 9.97. The van der Waals surface area contributed by atoms with Gasteiger partial charge in [0, 0.05) is 15.6 Å². The molecule has 0 unspecified atom stereocenters. The maximum atomic E-state index is 11.5. The van der Waals surface area contributed by atoms with Crippen LogP contribution in [0.15, 0.2) is 53.9 Å². The molecule has 19 heavy (non-hydrogen) atoms. The Morgan fingerprint density at radius 1 is 0.842 bits per heavy atom. The summed E-state index contributed by atoms with van der Waals surface area (Å²) in [5.74, 6) is 0. The Bertz CT molecular complexity index is 934. The summed E-state index contributed by atoms with van der Waals surface area (Å²) < 4.78 is 1.17. The molecule has 0 fully saturated rings. The van der Waals surface area contributed by atoms with E-state index < -0.39 is 0 Å². The first-order valence-electron chi connectivity index (χ1n) is 6.15. The summed E-state index contributed by atoms with van der Waals surface area (Å²) in [7, 11) is 0. The molecule has 0 N–H and O–H groups in total. The summed E-state index contributed by atoms with van der Waals surface area (Å²) in [6.45, 7) is 0. The number of thiophene rings is 1. The summed E-state index contributed by atoms with van der Waals surface area (Å²) in [5, 5.41) is 7.72. The predicted octanol–water partition coefficient (Wildman–Crippen LogP) is 5.02. The standard InChI is InChI=1S/C17H10OS/c18-10-16-13-6-5-11-3-1-2-4-12(11)15(13)9-17-14(16)7-8-19-17/h1-10H. The molecule has 0 spiro atoms. The molecule has 0 aliphatic heterocycles. The quantitative estimate of drug-likeness (QED) is 0.348. The summed E-state index contributed by atoms with van der Waals surface area (Å²) in [6.07, 6.45) is 0.978. The maximum absolute atomic E-state index is 11.5. The maximum Gasteiger partial charge on any atom is 0.151 e. The zero-order chi connectivity index (χ0) is 12.8. The molecule has 4 aromatic rings. The molecular formula is C17H10OS. The summed E-state index contributed by atoms with van der Waals surface area (Å²) in [5.41, 5.74) is 0.805. The van der Waals surface area contributed by atoms with Gasteiger partial charge in [-0.05, 0) is 39.1 Å². The van der Waals surface area contributed by atoms with E-state index >= 15 is 0 Å². The first-order valence-corrected chi connectivity index (χ1v) is 7.03. The van der Waals surface area contributed by atoms with Gasteiger partial charge in [-0.2, -0.15) is 0 Å². The number of rotatable bonds is 1. The third-order valence-corrected chi connectivity index (χ3v) is 4.50. The normalized spacial score (nSPS) is 11.4. The Kier molecular flexibility index (Phi) is 2.20. The van der Waals surface area contributed by atoms with Crippen molar-refractivity contribution in [1.29, 1.82) is 0 Å². The highest BCUT2D eigenvalue weighted by molar-refractivity contribution is 7.17. The Balaban J connectivity index is 2.35. The second kappa shape index (κ2) is 3.90. The van der Waals surface area contributed by atoms with Crippen LogP contribution in [0.4, 0.5) is 0 Å². The van der Waals surface area contributed by atoms with E-state index in [1.54, 1.807) is 11.3 Å². The minimum absolute atomic E-state index is 0.805. The minimum Gasteiger partial charge on any atom is -0.298 e. The molecule has 0 atom stereocenters. The molecule has 0 aliphatic rings. The molecule has 0 saturated carbocycles. The van der Waals surface area contributed by atoms with Crippen molar-refractivity contribution in [2.75, 3.05) is 0 Å². The highest BCUT2D eigenvalue weighted by Gasteiger charge is 2.09. The number of hydrogen-bond donors (Lipinski definition) is 0. The Morgan fingerprint density at radius 2 is 1.74 bits per heavy atom. The van der Waals surface area contributed by atoms with Gasteiger partial charge >= 0.3 is 0 Å². The molecule has 0 bridgehead atoms. The lowest BCUT2D eigenvalue weighted by Crippen LogP contribution is -1.86. The van der Waals surface area contributed by atoms with Crippen LogP contribution in [0.5, 0.6) is 0 Å². The van der Waals surface area contributed by atoms with Gasteiger partial charge in [-0.1, -0.05) is 36.4 Å². The van der Waals surface area contributed by atoms with Crippen molar-refractivity contribution in [2.45, 2.75) is 0 Å². The minimum atomic E-state index is 0.805. The number of carbonyl (C=O) groups is 1. The van der Waals surface area contributed by atoms with Crippen molar-refractivity contribution in [2.24, 2.45) is 0 Å². The molecule has 1 nitrogen and oxygen atoms in total. The van der Waals surface area contributed by atoms with E-state index in [0.29, 0.717) is 0 Å². The Morgan fingerprint density at radius 3 is 2.63 bits per heavy atom. The van der Waals surface area contributed by atoms with Crippen LogP contribution in [-0.4, -0.2) is 6.29 Å². The second-order valence-electron chi connectivity index (χ2n) is 4.62. The smallest absolute Gasteiger partial charge is 0.151 e. The zero-order valence-corrected chi connectivity index (χ0v) is 10.9. The Hall–Kier alpha value is -2.19. The molecule has 0 saturated heterocycles. The van der Waals surface area contributed by atoms with Crippen LogP contribution in [0.25, 0.3) is 31.6 Å². The van der Waals surface area contributed by atoms with Gasteiger partial charge in [-0.3, -0.25) is 4.79 Å². The Labute approximate surface area is 114 Å². The fourth-order valence-corrected chi connectivity index (χ4v) is 3.59. The van der Waals surface area contributed by atoms with Gasteiger partial charge in [0.15, 0.2) is 6.29 Å². The van der Waals surface area contributed by atoms with Gasteiger partial charge in [0.05, 0.1) is 0 Å². The predicted molar refractivity (Wildman–Crippen MR) is 82.2 cm³/mol. The molecular weight excluding hydrogens is 252 g/mol. The third kappa shape index (κ3) is 1.44. The lowest BCUT2D eigenvalue weighted by Gasteiger charge is -2.07. The van der Waals surface area contributed by atoms with Gasteiger partial charge in [0.25, 0.3) is 0 Å². The van der Waals surface area contributed by atoms with E-state index in [9.17, 15) is 4.79 Å². The number of carbonyl (C=O) groups excluding carboxylic acids is 1. The third-order valence-electron chi connectivity index (χ3n) is 3.64. The van der Waals surface area contributed by atoms with Crippen LogP contribution in [0.2, 0.25) is 0 Å². The number of aldehydes is 1. The van der Waals surface area contributed by atoms with Crippen LogP contribution in [0.3, 0.4) is 0 Å². The first kappa shape index (κ1) is 10.7. The molecule has 1 aromatic heterocycles.